The Labute approximate surface area is 362 Å². The van der Waals surface area contributed by atoms with Crippen LogP contribution in [0.3, 0.4) is 0 Å². The molecule has 5 aliphatic rings. The molecule has 0 unspecified atom stereocenters. The average Bonchev–Trinajstić information content (AvgIpc) is 3.19. The molecule has 0 radical (unpaired) electrons. The molecular formula is C51H76N2O6S. The van der Waals surface area contributed by atoms with E-state index >= 15 is 4.79 Å². The lowest BCUT2D eigenvalue weighted by Gasteiger charge is -2.71. The van der Waals surface area contributed by atoms with Crippen LogP contribution >= 0.6 is 0 Å². The van der Waals surface area contributed by atoms with Crippen LogP contribution in [0.25, 0.3) is 0 Å². The second-order valence-electron chi connectivity index (χ2n) is 22.5. The van der Waals surface area contributed by atoms with E-state index in [0.717, 1.165) is 69.8 Å². The number of amides is 1. The highest BCUT2D eigenvalue weighted by atomic mass is 32.2. The van der Waals surface area contributed by atoms with Gasteiger partial charge in [0.2, 0.25) is 15.9 Å². The first-order valence-electron chi connectivity index (χ1n) is 23.1. The number of sulfonamides is 1. The molecule has 4 fully saturated rings. The molecule has 60 heavy (non-hydrogen) atoms. The van der Waals surface area contributed by atoms with Gasteiger partial charge in [-0.1, -0.05) is 104 Å². The summed E-state index contributed by atoms with van der Waals surface area (Å²) in [5.41, 5.74) is 1.97. The first kappa shape index (κ1) is 45.3. The molecule has 0 aromatic heterocycles. The van der Waals surface area contributed by atoms with E-state index in [2.05, 4.69) is 59.9 Å². The van der Waals surface area contributed by atoms with Gasteiger partial charge in [-0.15, -0.1) is 0 Å². The number of carbonyl (C=O) groups excluding carboxylic acids is 1. The summed E-state index contributed by atoms with van der Waals surface area (Å²) in [4.78, 5) is 15.6. The van der Waals surface area contributed by atoms with Crippen LogP contribution in [-0.2, 0) is 21.2 Å². The molecule has 0 saturated heterocycles. The SMILES string of the molecule is COc1ccc(S(=O)(=O)N(CC(C)C)C[C@@H](O)[C@H](Cc2ccccc2)NC(=O)[C@]23CCC(C)(C)C[C@H]2C2=CC[C@@H]4[C@@]5(C)CC[C@H](O)C(C)(C)[C@@H]5CC[C@@]4(C)[C@]2(C)CC3)cc1. The lowest BCUT2D eigenvalue weighted by atomic mass is 9.33. The minimum absolute atomic E-state index is 0.00492. The van der Waals surface area contributed by atoms with Gasteiger partial charge in [0, 0.05) is 13.1 Å². The summed E-state index contributed by atoms with van der Waals surface area (Å²) in [6.07, 6.45) is 11.2. The Balaban J connectivity index is 1.21. The van der Waals surface area contributed by atoms with Crippen molar-refractivity contribution in [1.29, 1.82) is 0 Å². The molecule has 2 aromatic carbocycles. The largest absolute Gasteiger partial charge is 0.497 e. The Morgan fingerprint density at radius 3 is 2.18 bits per heavy atom. The summed E-state index contributed by atoms with van der Waals surface area (Å²) in [5.74, 6) is 1.64. The Morgan fingerprint density at radius 1 is 0.867 bits per heavy atom. The van der Waals surface area contributed by atoms with Crippen LogP contribution in [-0.4, -0.2) is 67.3 Å². The number of hydrogen-bond donors (Lipinski definition) is 3. The van der Waals surface area contributed by atoms with Crippen molar-refractivity contribution < 1.29 is 28.2 Å². The Hall–Kier alpha value is -2.72. The highest BCUT2D eigenvalue weighted by Gasteiger charge is 2.69. The number of nitrogens with one attached hydrogen (secondary N) is 1. The molecule has 332 valence electrons. The van der Waals surface area contributed by atoms with E-state index in [9.17, 15) is 18.6 Å². The molecule has 8 nitrogen and oxygen atoms in total. The van der Waals surface area contributed by atoms with Crippen molar-refractivity contribution in [2.45, 2.75) is 156 Å². The molecule has 9 heteroatoms. The molecule has 0 heterocycles. The summed E-state index contributed by atoms with van der Waals surface area (Å²) in [6.45, 7) is 21.0. The molecule has 0 spiro atoms. The Bertz CT molecular complexity index is 2010. The van der Waals surface area contributed by atoms with Crippen molar-refractivity contribution in [3.05, 3.63) is 71.8 Å². The molecule has 2 aromatic rings. The summed E-state index contributed by atoms with van der Waals surface area (Å²) in [7, 11) is -2.43. The summed E-state index contributed by atoms with van der Waals surface area (Å²) < 4.78 is 35.1. The zero-order valence-electron chi connectivity index (χ0n) is 38.4. The van der Waals surface area contributed by atoms with E-state index in [0.29, 0.717) is 24.0 Å². The van der Waals surface area contributed by atoms with Crippen LogP contribution in [0.1, 0.15) is 132 Å². The number of ether oxygens (including phenoxy) is 1. The lowest BCUT2D eigenvalue weighted by Crippen LogP contribution is -2.66. The number of aliphatic hydroxyl groups excluding tert-OH is 2. The molecule has 0 aliphatic heterocycles. The minimum atomic E-state index is -3.98. The van der Waals surface area contributed by atoms with E-state index in [1.165, 1.54) is 9.88 Å². The molecule has 5 aliphatic carbocycles. The normalized spacial score (nSPS) is 35.5. The fourth-order valence-electron chi connectivity index (χ4n) is 14.0. The van der Waals surface area contributed by atoms with Gasteiger partial charge in [-0.3, -0.25) is 4.79 Å². The van der Waals surface area contributed by atoms with Crippen molar-refractivity contribution in [2.75, 3.05) is 20.2 Å². The zero-order valence-corrected chi connectivity index (χ0v) is 39.2. The first-order chi connectivity index (χ1) is 28.0. The lowest BCUT2D eigenvalue weighted by molar-refractivity contribution is -0.203. The second kappa shape index (κ2) is 16.1. The van der Waals surface area contributed by atoms with E-state index in [1.807, 2.05) is 44.2 Å². The zero-order chi connectivity index (χ0) is 43.7. The van der Waals surface area contributed by atoms with Gasteiger partial charge < -0.3 is 20.3 Å². The Morgan fingerprint density at radius 2 is 1.53 bits per heavy atom. The molecule has 10 atom stereocenters. The molecular weight excluding hydrogens is 769 g/mol. The fourth-order valence-corrected chi connectivity index (χ4v) is 15.6. The van der Waals surface area contributed by atoms with Gasteiger partial charge in [0.15, 0.2) is 0 Å². The molecule has 0 bridgehead atoms. The predicted molar refractivity (Wildman–Crippen MR) is 240 cm³/mol. The molecule has 3 N–H and O–H groups in total. The third-order valence-electron chi connectivity index (χ3n) is 17.8. The fraction of sp³-hybridized carbons (Fsp3) is 0.706. The van der Waals surface area contributed by atoms with Crippen molar-refractivity contribution in [3.8, 4) is 5.75 Å². The first-order valence-corrected chi connectivity index (χ1v) is 24.5. The van der Waals surface area contributed by atoms with Gasteiger partial charge in [0.25, 0.3) is 0 Å². The average molecular weight is 845 g/mol. The van der Waals surface area contributed by atoms with Crippen molar-refractivity contribution >= 4 is 15.9 Å². The summed E-state index contributed by atoms with van der Waals surface area (Å²) in [6, 6.07) is 15.6. The summed E-state index contributed by atoms with van der Waals surface area (Å²) >= 11 is 0. The van der Waals surface area contributed by atoms with Crippen LogP contribution in [0.4, 0.5) is 0 Å². The van der Waals surface area contributed by atoms with E-state index in [-0.39, 0.29) is 68.9 Å². The van der Waals surface area contributed by atoms with Gasteiger partial charge in [-0.05, 0) is 151 Å². The van der Waals surface area contributed by atoms with Crippen LogP contribution in [0, 0.1) is 56.2 Å². The number of fused-ring (bicyclic) bond motifs is 7. The predicted octanol–water partition coefficient (Wildman–Crippen LogP) is 9.59. The van der Waals surface area contributed by atoms with Crippen molar-refractivity contribution in [3.63, 3.8) is 0 Å². The van der Waals surface area contributed by atoms with Crippen molar-refractivity contribution in [2.24, 2.45) is 56.2 Å². The highest BCUT2D eigenvalue weighted by molar-refractivity contribution is 7.89. The molecule has 7 rings (SSSR count). The number of carbonyl (C=O) groups is 1. The van der Waals surface area contributed by atoms with Crippen LogP contribution in [0.5, 0.6) is 5.75 Å². The maximum atomic E-state index is 15.5. The highest BCUT2D eigenvalue weighted by Crippen LogP contribution is 2.75. The number of benzene rings is 2. The summed E-state index contributed by atoms with van der Waals surface area (Å²) in [5, 5.41) is 26.9. The van der Waals surface area contributed by atoms with Gasteiger partial charge >= 0.3 is 0 Å². The Kier molecular flexibility index (Phi) is 12.2. The van der Waals surface area contributed by atoms with E-state index < -0.39 is 27.6 Å². The quantitative estimate of drug-likeness (QED) is 0.184. The number of allylic oxidation sites excluding steroid dienone is 2. The van der Waals surface area contributed by atoms with Gasteiger partial charge in [0.05, 0.1) is 35.7 Å². The maximum Gasteiger partial charge on any atom is 0.243 e. The minimum Gasteiger partial charge on any atom is -0.497 e. The standard InChI is InChI=1S/C51H76N2O6S/c1-34(2)32-53(60(57,58)37-18-16-36(59-10)17-19-37)33-41(54)40(30-35-14-12-11-13-15-35)52-45(56)51-28-26-46(3,4)31-39(51)38-20-21-43-48(7)24-23-44(55)47(5,6)42(48)22-25-50(43,9)49(38,8)27-29-51/h11-20,34,39-44,54-55H,21-33H2,1-10H3,(H,52,56)/t39-,40-,41+,42-,43+,44-,48-,49+,50+,51-/m0/s1. The van der Waals surface area contributed by atoms with Crippen LogP contribution in [0.2, 0.25) is 0 Å². The second-order valence-corrected chi connectivity index (χ2v) is 24.4. The van der Waals surface area contributed by atoms with Crippen LogP contribution in [0.15, 0.2) is 71.1 Å². The number of aliphatic hydroxyl groups is 2. The van der Waals surface area contributed by atoms with Crippen LogP contribution < -0.4 is 10.1 Å². The number of methoxy groups -OCH3 is 1. The van der Waals surface area contributed by atoms with Crippen molar-refractivity contribution in [1.82, 2.24) is 9.62 Å². The van der Waals surface area contributed by atoms with Gasteiger partial charge in [-0.2, -0.15) is 4.31 Å². The van der Waals surface area contributed by atoms with Gasteiger partial charge in [0.1, 0.15) is 5.75 Å². The third kappa shape index (κ3) is 7.61. The topological polar surface area (TPSA) is 116 Å². The van der Waals surface area contributed by atoms with E-state index in [4.69, 9.17) is 4.74 Å². The van der Waals surface area contributed by atoms with E-state index in [1.54, 1.807) is 31.4 Å². The number of rotatable bonds is 12. The monoisotopic (exact) mass is 845 g/mol. The third-order valence-corrected chi connectivity index (χ3v) is 19.7. The van der Waals surface area contributed by atoms with Gasteiger partial charge in [-0.25, -0.2) is 8.42 Å². The maximum absolute atomic E-state index is 15.5. The number of hydrogen-bond acceptors (Lipinski definition) is 6. The molecule has 4 saturated carbocycles. The smallest absolute Gasteiger partial charge is 0.243 e. The number of nitrogens with zero attached hydrogens (tertiary/aromatic N) is 1. The molecule has 1 amide bonds.